The van der Waals surface area contributed by atoms with Crippen LogP contribution in [-0.2, 0) is 6.42 Å². The first-order valence-electron chi connectivity index (χ1n) is 6.53. The summed E-state index contributed by atoms with van der Waals surface area (Å²) in [5.74, 6) is -0.207. The van der Waals surface area contributed by atoms with Gasteiger partial charge in [0.05, 0.1) is 11.7 Å². The van der Waals surface area contributed by atoms with E-state index >= 15 is 0 Å². The molecular formula is C15H18FN3. The van der Waals surface area contributed by atoms with E-state index in [1.165, 1.54) is 12.1 Å². The lowest BCUT2D eigenvalue weighted by Crippen LogP contribution is -2.25. The van der Waals surface area contributed by atoms with Crippen LogP contribution in [0.1, 0.15) is 30.6 Å². The zero-order chi connectivity index (χ0) is 13.5. The van der Waals surface area contributed by atoms with Gasteiger partial charge in [-0.25, -0.2) is 4.39 Å². The molecule has 1 aromatic heterocycles. The van der Waals surface area contributed by atoms with Crippen molar-refractivity contribution >= 4 is 0 Å². The number of benzene rings is 1. The van der Waals surface area contributed by atoms with Crippen LogP contribution >= 0.6 is 0 Å². The fourth-order valence-electron chi connectivity index (χ4n) is 1.95. The number of rotatable bonds is 6. The molecule has 1 atom stereocenters. The molecule has 1 N–H and O–H groups in total. The average molecular weight is 259 g/mol. The Morgan fingerprint density at radius 3 is 2.63 bits per heavy atom. The van der Waals surface area contributed by atoms with Crippen LogP contribution in [0.2, 0.25) is 0 Å². The molecule has 0 saturated heterocycles. The van der Waals surface area contributed by atoms with Crippen molar-refractivity contribution in [3.8, 4) is 0 Å². The van der Waals surface area contributed by atoms with Crippen molar-refractivity contribution in [3.63, 3.8) is 0 Å². The van der Waals surface area contributed by atoms with Crippen molar-refractivity contribution in [2.45, 2.75) is 25.8 Å². The van der Waals surface area contributed by atoms with Crippen molar-refractivity contribution < 1.29 is 4.39 Å². The lowest BCUT2D eigenvalue weighted by Gasteiger charge is -2.17. The Hall–Kier alpha value is -1.81. The summed E-state index contributed by atoms with van der Waals surface area (Å²) >= 11 is 0. The van der Waals surface area contributed by atoms with Crippen LogP contribution in [0.25, 0.3) is 0 Å². The quantitative estimate of drug-likeness (QED) is 0.866. The second kappa shape index (κ2) is 6.95. The Kier molecular flexibility index (Phi) is 4.98. The molecule has 1 aromatic carbocycles. The van der Waals surface area contributed by atoms with Crippen molar-refractivity contribution in [2.24, 2.45) is 0 Å². The molecule has 0 aliphatic rings. The number of hydrogen-bond acceptors (Lipinski definition) is 3. The Morgan fingerprint density at radius 2 is 2.00 bits per heavy atom. The Morgan fingerprint density at radius 1 is 1.21 bits per heavy atom. The third-order valence-corrected chi connectivity index (χ3v) is 2.93. The Labute approximate surface area is 112 Å². The minimum absolute atomic E-state index is 0.110. The summed E-state index contributed by atoms with van der Waals surface area (Å²) in [4.78, 5) is 8.45. The van der Waals surface area contributed by atoms with E-state index in [9.17, 15) is 4.39 Å². The van der Waals surface area contributed by atoms with Gasteiger partial charge in [-0.15, -0.1) is 0 Å². The van der Waals surface area contributed by atoms with E-state index in [0.29, 0.717) is 0 Å². The Balaban J connectivity index is 2.11. The third kappa shape index (κ3) is 4.10. The number of nitrogens with one attached hydrogen (secondary N) is 1. The van der Waals surface area contributed by atoms with Gasteiger partial charge in [-0.3, -0.25) is 9.97 Å². The molecular weight excluding hydrogens is 241 g/mol. The maximum atomic E-state index is 12.9. The van der Waals surface area contributed by atoms with Gasteiger partial charge in [-0.1, -0.05) is 19.1 Å². The van der Waals surface area contributed by atoms with Gasteiger partial charge in [0.25, 0.3) is 0 Å². The van der Waals surface area contributed by atoms with Crippen molar-refractivity contribution in [1.82, 2.24) is 15.3 Å². The van der Waals surface area contributed by atoms with E-state index in [-0.39, 0.29) is 11.9 Å². The maximum Gasteiger partial charge on any atom is 0.123 e. The van der Waals surface area contributed by atoms with Crippen LogP contribution in [0.15, 0.2) is 42.9 Å². The van der Waals surface area contributed by atoms with Gasteiger partial charge < -0.3 is 5.32 Å². The second-order valence-corrected chi connectivity index (χ2v) is 4.47. The molecule has 0 bridgehead atoms. The molecule has 100 valence electrons. The molecule has 0 aliphatic heterocycles. The summed E-state index contributed by atoms with van der Waals surface area (Å²) in [6.45, 7) is 3.04. The minimum atomic E-state index is -0.207. The molecule has 0 aliphatic carbocycles. The highest BCUT2D eigenvalue weighted by molar-refractivity contribution is 5.19. The average Bonchev–Trinajstić information content (AvgIpc) is 2.46. The summed E-state index contributed by atoms with van der Waals surface area (Å²) in [7, 11) is 0. The van der Waals surface area contributed by atoms with Gasteiger partial charge in [0.2, 0.25) is 0 Å². The van der Waals surface area contributed by atoms with Gasteiger partial charge in [-0.05, 0) is 37.1 Å². The number of hydrogen-bond donors (Lipinski definition) is 1. The first-order chi connectivity index (χ1) is 9.29. The molecule has 0 amide bonds. The second-order valence-electron chi connectivity index (χ2n) is 4.47. The molecule has 3 nitrogen and oxygen atoms in total. The largest absolute Gasteiger partial charge is 0.308 e. The first-order valence-corrected chi connectivity index (χ1v) is 6.53. The molecule has 1 unspecified atom stereocenters. The highest BCUT2D eigenvalue weighted by atomic mass is 19.1. The van der Waals surface area contributed by atoms with Crippen LogP contribution in [-0.4, -0.2) is 16.5 Å². The topological polar surface area (TPSA) is 37.8 Å². The van der Waals surface area contributed by atoms with Crippen LogP contribution in [0.4, 0.5) is 4.39 Å². The normalized spacial score (nSPS) is 12.3. The Bertz CT molecular complexity index is 485. The molecule has 2 rings (SSSR count). The predicted octanol–water partition coefficient (Wildman–Crippen LogP) is 2.90. The zero-order valence-corrected chi connectivity index (χ0v) is 11.0. The number of halogens is 1. The lowest BCUT2D eigenvalue weighted by molar-refractivity contribution is 0.515. The van der Waals surface area contributed by atoms with E-state index in [1.54, 1.807) is 18.6 Å². The third-order valence-electron chi connectivity index (χ3n) is 2.93. The van der Waals surface area contributed by atoms with Gasteiger partial charge in [0.15, 0.2) is 0 Å². The molecule has 4 heteroatoms. The SMILES string of the molecule is CCCNC(Cc1ccc(F)cc1)c1cnccn1. The van der Waals surface area contributed by atoms with Crippen LogP contribution in [0.3, 0.4) is 0 Å². The smallest absolute Gasteiger partial charge is 0.123 e. The predicted molar refractivity (Wildman–Crippen MR) is 73.2 cm³/mol. The fourth-order valence-corrected chi connectivity index (χ4v) is 1.95. The van der Waals surface area contributed by atoms with E-state index in [1.807, 2.05) is 12.1 Å². The first kappa shape index (κ1) is 13.6. The summed E-state index contributed by atoms with van der Waals surface area (Å²) in [5, 5.41) is 3.45. The molecule has 19 heavy (non-hydrogen) atoms. The molecule has 0 saturated carbocycles. The lowest BCUT2D eigenvalue weighted by atomic mass is 10.0. The molecule has 0 spiro atoms. The van der Waals surface area contributed by atoms with Gasteiger partial charge in [0.1, 0.15) is 5.82 Å². The maximum absolute atomic E-state index is 12.9. The summed E-state index contributed by atoms with van der Waals surface area (Å²) in [6.07, 6.45) is 6.97. The molecule has 0 radical (unpaired) electrons. The molecule has 0 fully saturated rings. The highest BCUT2D eigenvalue weighted by Gasteiger charge is 2.12. The summed E-state index contributed by atoms with van der Waals surface area (Å²) in [5.41, 5.74) is 2.00. The van der Waals surface area contributed by atoms with E-state index < -0.39 is 0 Å². The molecule has 2 aromatic rings. The minimum Gasteiger partial charge on any atom is -0.308 e. The summed E-state index contributed by atoms with van der Waals surface area (Å²) < 4.78 is 12.9. The monoisotopic (exact) mass is 259 g/mol. The van der Waals surface area contributed by atoms with Crippen molar-refractivity contribution in [1.29, 1.82) is 0 Å². The van der Waals surface area contributed by atoms with Crippen LogP contribution in [0, 0.1) is 5.82 Å². The van der Waals surface area contributed by atoms with Crippen LogP contribution in [0.5, 0.6) is 0 Å². The zero-order valence-electron chi connectivity index (χ0n) is 11.0. The van der Waals surface area contributed by atoms with E-state index in [4.69, 9.17) is 0 Å². The number of aromatic nitrogens is 2. The standard InChI is InChI=1S/C15H18FN3/c1-2-7-18-14(15-11-17-8-9-19-15)10-12-3-5-13(16)6-4-12/h3-6,8-9,11,14,18H,2,7,10H2,1H3. The van der Waals surface area contributed by atoms with E-state index in [2.05, 4.69) is 22.2 Å². The van der Waals surface area contributed by atoms with E-state index in [0.717, 1.165) is 30.6 Å². The highest BCUT2D eigenvalue weighted by Crippen LogP contribution is 2.16. The van der Waals surface area contributed by atoms with Crippen LogP contribution < -0.4 is 5.32 Å². The van der Waals surface area contributed by atoms with Gasteiger partial charge in [0, 0.05) is 18.6 Å². The van der Waals surface area contributed by atoms with Gasteiger partial charge in [-0.2, -0.15) is 0 Å². The molecule has 1 heterocycles. The summed E-state index contributed by atoms with van der Waals surface area (Å²) in [6, 6.07) is 6.71. The van der Waals surface area contributed by atoms with Gasteiger partial charge >= 0.3 is 0 Å². The fraction of sp³-hybridized carbons (Fsp3) is 0.333. The number of nitrogens with zero attached hydrogens (tertiary/aromatic N) is 2. The van der Waals surface area contributed by atoms with Crippen molar-refractivity contribution in [3.05, 3.63) is 59.9 Å². The van der Waals surface area contributed by atoms with Crippen molar-refractivity contribution in [2.75, 3.05) is 6.54 Å².